The van der Waals surface area contributed by atoms with E-state index in [4.69, 9.17) is 0 Å². The van der Waals surface area contributed by atoms with Gasteiger partial charge in [0.25, 0.3) is 0 Å². The molecule has 0 radical (unpaired) electrons. The Labute approximate surface area is 153 Å². The van der Waals surface area contributed by atoms with Crippen molar-refractivity contribution in [2.45, 2.75) is 25.4 Å². The number of rotatable bonds is 4. The molecule has 2 fully saturated rings. The molecule has 1 atom stereocenters. The lowest BCUT2D eigenvalue weighted by atomic mass is 10.1. The zero-order valence-electron chi connectivity index (χ0n) is 15.3. The number of hydrogen-bond acceptors (Lipinski definition) is 4. The van der Waals surface area contributed by atoms with Crippen LogP contribution in [0.15, 0.2) is 24.3 Å². The van der Waals surface area contributed by atoms with Crippen LogP contribution in [-0.2, 0) is 16.1 Å². The number of piperazine rings is 1. The second kappa shape index (κ2) is 8.60. The van der Waals surface area contributed by atoms with Gasteiger partial charge in [-0.25, -0.2) is 4.39 Å². The summed E-state index contributed by atoms with van der Waals surface area (Å²) in [6, 6.07) is 6.21. The molecule has 2 aliphatic heterocycles. The molecule has 1 aromatic rings. The first-order chi connectivity index (χ1) is 12.5. The summed E-state index contributed by atoms with van der Waals surface area (Å²) in [5, 5.41) is 2.84. The van der Waals surface area contributed by atoms with Crippen molar-refractivity contribution in [2.24, 2.45) is 0 Å². The Hall–Kier alpha value is -1.99. The number of likely N-dealkylation sites (N-methyl/N-ethyl adjacent to an activating group) is 1. The predicted octanol–water partition coefficient (Wildman–Crippen LogP) is 0.680. The van der Waals surface area contributed by atoms with Gasteiger partial charge in [0.05, 0.1) is 12.5 Å². The predicted molar refractivity (Wildman–Crippen MR) is 96.9 cm³/mol. The van der Waals surface area contributed by atoms with Crippen molar-refractivity contribution < 1.29 is 14.0 Å². The first-order valence-corrected chi connectivity index (χ1v) is 9.25. The SMILES string of the molecule is CN1CCNC(=O)C1CC(=O)N1CCCN(Cc2ccc(F)cc2)CC1. The number of carbonyl (C=O) groups is 2. The van der Waals surface area contributed by atoms with Crippen LogP contribution in [0.2, 0.25) is 0 Å². The Morgan fingerprint density at radius 3 is 2.65 bits per heavy atom. The molecule has 0 saturated carbocycles. The van der Waals surface area contributed by atoms with Gasteiger partial charge in [-0.1, -0.05) is 12.1 Å². The van der Waals surface area contributed by atoms with E-state index in [0.717, 1.165) is 44.7 Å². The summed E-state index contributed by atoms with van der Waals surface area (Å²) in [6.07, 6.45) is 1.14. The first-order valence-electron chi connectivity index (χ1n) is 9.25. The minimum atomic E-state index is -0.366. The summed E-state index contributed by atoms with van der Waals surface area (Å²) in [4.78, 5) is 30.8. The molecule has 2 amide bonds. The summed E-state index contributed by atoms with van der Waals surface area (Å²) in [6.45, 7) is 5.25. The molecule has 26 heavy (non-hydrogen) atoms. The smallest absolute Gasteiger partial charge is 0.237 e. The van der Waals surface area contributed by atoms with Gasteiger partial charge in [-0.2, -0.15) is 0 Å². The van der Waals surface area contributed by atoms with Crippen molar-refractivity contribution in [3.05, 3.63) is 35.6 Å². The monoisotopic (exact) mass is 362 g/mol. The largest absolute Gasteiger partial charge is 0.353 e. The maximum absolute atomic E-state index is 13.0. The van der Waals surface area contributed by atoms with Gasteiger partial charge in [0, 0.05) is 45.8 Å². The Kier molecular flexibility index (Phi) is 6.21. The molecule has 2 heterocycles. The Morgan fingerprint density at radius 1 is 1.15 bits per heavy atom. The maximum atomic E-state index is 13.0. The second-order valence-electron chi connectivity index (χ2n) is 7.13. The third-order valence-electron chi connectivity index (χ3n) is 5.23. The quantitative estimate of drug-likeness (QED) is 0.856. The van der Waals surface area contributed by atoms with Crippen LogP contribution in [0.1, 0.15) is 18.4 Å². The number of benzene rings is 1. The minimum Gasteiger partial charge on any atom is -0.353 e. The molecule has 1 unspecified atom stereocenters. The maximum Gasteiger partial charge on any atom is 0.237 e. The molecule has 142 valence electrons. The molecule has 1 N–H and O–H groups in total. The zero-order chi connectivity index (χ0) is 18.5. The van der Waals surface area contributed by atoms with E-state index in [1.54, 1.807) is 12.1 Å². The third-order valence-corrected chi connectivity index (χ3v) is 5.23. The lowest BCUT2D eigenvalue weighted by Gasteiger charge is -2.32. The van der Waals surface area contributed by atoms with Crippen LogP contribution < -0.4 is 5.32 Å². The fraction of sp³-hybridized carbons (Fsp3) is 0.579. The number of nitrogens with zero attached hydrogens (tertiary/aromatic N) is 3. The van der Waals surface area contributed by atoms with E-state index in [-0.39, 0.29) is 30.1 Å². The minimum absolute atomic E-state index is 0.0440. The van der Waals surface area contributed by atoms with Crippen LogP contribution in [0.3, 0.4) is 0 Å². The fourth-order valence-electron chi connectivity index (χ4n) is 3.60. The fourth-order valence-corrected chi connectivity index (χ4v) is 3.60. The number of amides is 2. The Bertz CT molecular complexity index is 637. The highest BCUT2D eigenvalue weighted by Gasteiger charge is 2.31. The molecule has 0 spiro atoms. The average Bonchev–Trinajstić information content (AvgIpc) is 2.86. The van der Waals surface area contributed by atoms with E-state index in [2.05, 4.69) is 10.2 Å². The van der Waals surface area contributed by atoms with Gasteiger partial charge in [-0.05, 0) is 31.2 Å². The van der Waals surface area contributed by atoms with Crippen molar-refractivity contribution in [2.75, 3.05) is 46.3 Å². The van der Waals surface area contributed by atoms with E-state index >= 15 is 0 Å². The second-order valence-corrected chi connectivity index (χ2v) is 7.13. The highest BCUT2D eigenvalue weighted by molar-refractivity contribution is 5.88. The van der Waals surface area contributed by atoms with Gasteiger partial charge in [-0.3, -0.25) is 19.4 Å². The Balaban J connectivity index is 1.52. The van der Waals surface area contributed by atoms with Gasteiger partial charge >= 0.3 is 0 Å². The van der Waals surface area contributed by atoms with Crippen LogP contribution >= 0.6 is 0 Å². The standard InChI is InChI=1S/C19H27FN4O2/c1-22-10-7-21-19(26)17(22)13-18(25)24-9-2-8-23(11-12-24)14-15-3-5-16(20)6-4-15/h3-6,17H,2,7-14H2,1H3,(H,21,26). The molecular formula is C19H27FN4O2. The lowest BCUT2D eigenvalue weighted by molar-refractivity contribution is -0.138. The third kappa shape index (κ3) is 4.80. The average molecular weight is 362 g/mol. The molecule has 2 saturated heterocycles. The lowest BCUT2D eigenvalue weighted by Crippen LogP contribution is -2.55. The van der Waals surface area contributed by atoms with Gasteiger partial charge in [-0.15, -0.1) is 0 Å². The molecule has 3 rings (SSSR count). The molecule has 0 bridgehead atoms. The van der Waals surface area contributed by atoms with E-state index in [1.165, 1.54) is 12.1 Å². The van der Waals surface area contributed by atoms with Crippen LogP contribution in [-0.4, -0.2) is 78.9 Å². The summed E-state index contributed by atoms with van der Waals surface area (Å²) in [5.41, 5.74) is 1.08. The van der Waals surface area contributed by atoms with E-state index in [0.29, 0.717) is 13.1 Å². The molecule has 6 nitrogen and oxygen atoms in total. The van der Waals surface area contributed by atoms with E-state index in [9.17, 15) is 14.0 Å². The van der Waals surface area contributed by atoms with Crippen LogP contribution in [0.5, 0.6) is 0 Å². The van der Waals surface area contributed by atoms with Gasteiger partial charge in [0.2, 0.25) is 11.8 Å². The molecule has 7 heteroatoms. The van der Waals surface area contributed by atoms with Crippen molar-refractivity contribution in [3.8, 4) is 0 Å². The number of carbonyl (C=O) groups excluding carboxylic acids is 2. The summed E-state index contributed by atoms with van der Waals surface area (Å²) < 4.78 is 13.0. The van der Waals surface area contributed by atoms with Crippen molar-refractivity contribution in [1.29, 1.82) is 0 Å². The van der Waals surface area contributed by atoms with Crippen LogP contribution in [0.4, 0.5) is 4.39 Å². The van der Waals surface area contributed by atoms with Crippen LogP contribution in [0, 0.1) is 5.82 Å². The van der Waals surface area contributed by atoms with Gasteiger partial charge in [0.1, 0.15) is 5.82 Å². The molecule has 0 aliphatic carbocycles. The first kappa shape index (κ1) is 18.8. The number of hydrogen-bond donors (Lipinski definition) is 1. The van der Waals surface area contributed by atoms with Crippen molar-refractivity contribution in [1.82, 2.24) is 20.0 Å². The molecule has 0 aromatic heterocycles. The topological polar surface area (TPSA) is 55.9 Å². The highest BCUT2D eigenvalue weighted by atomic mass is 19.1. The summed E-state index contributed by atoms with van der Waals surface area (Å²) in [7, 11) is 1.89. The van der Waals surface area contributed by atoms with E-state index < -0.39 is 0 Å². The molecule has 1 aromatic carbocycles. The van der Waals surface area contributed by atoms with Crippen molar-refractivity contribution >= 4 is 11.8 Å². The zero-order valence-corrected chi connectivity index (χ0v) is 15.3. The Morgan fingerprint density at radius 2 is 1.92 bits per heavy atom. The highest BCUT2D eigenvalue weighted by Crippen LogP contribution is 2.13. The number of nitrogens with one attached hydrogen (secondary N) is 1. The molecular weight excluding hydrogens is 335 g/mol. The normalized spacial score (nSPS) is 22.8. The summed E-state index contributed by atoms with van der Waals surface area (Å²) in [5.74, 6) is -0.236. The molecule has 2 aliphatic rings. The van der Waals surface area contributed by atoms with Gasteiger partial charge < -0.3 is 10.2 Å². The van der Waals surface area contributed by atoms with Gasteiger partial charge in [0.15, 0.2) is 0 Å². The number of halogens is 1. The summed E-state index contributed by atoms with van der Waals surface area (Å²) >= 11 is 0. The van der Waals surface area contributed by atoms with Crippen LogP contribution in [0.25, 0.3) is 0 Å². The van der Waals surface area contributed by atoms with E-state index in [1.807, 2.05) is 16.8 Å². The van der Waals surface area contributed by atoms with Crippen molar-refractivity contribution in [3.63, 3.8) is 0 Å².